The molecule has 0 amide bonds. The van der Waals surface area contributed by atoms with Crippen LogP contribution in [0.25, 0.3) is 10.8 Å². The average molecular weight is 316 g/mol. The van der Waals surface area contributed by atoms with Gasteiger partial charge in [0.2, 0.25) is 0 Å². The Labute approximate surface area is 130 Å². The molecule has 1 atom stereocenters. The van der Waals surface area contributed by atoms with Gasteiger partial charge < -0.3 is 14.8 Å². The molecule has 116 valence electrons. The number of fused-ring (bicyclic) bond motifs is 5. The van der Waals surface area contributed by atoms with Crippen molar-refractivity contribution in [3.8, 4) is 11.5 Å². The predicted molar refractivity (Wildman–Crippen MR) is 90.1 cm³/mol. The lowest BCUT2D eigenvalue weighted by Gasteiger charge is -2.32. The summed E-state index contributed by atoms with van der Waals surface area (Å²) < 4.78 is 13.1. The number of phenols is 2. The first-order valence-electron chi connectivity index (χ1n) is 8.19. The van der Waals surface area contributed by atoms with Gasteiger partial charge in [0.1, 0.15) is 19.3 Å². The third-order valence-corrected chi connectivity index (χ3v) is 7.75. The summed E-state index contributed by atoms with van der Waals surface area (Å²) in [5.74, 6) is 0.612. The molecule has 1 aliphatic carbocycles. The van der Waals surface area contributed by atoms with Crippen molar-refractivity contribution < 1.29 is 14.8 Å². The van der Waals surface area contributed by atoms with Gasteiger partial charge in [0.15, 0.2) is 0 Å². The van der Waals surface area contributed by atoms with Crippen molar-refractivity contribution in [1.29, 1.82) is 0 Å². The van der Waals surface area contributed by atoms with Gasteiger partial charge in [0.25, 0.3) is 0 Å². The number of aromatic hydroxyl groups is 2. The van der Waals surface area contributed by atoms with E-state index in [2.05, 4.69) is 0 Å². The Morgan fingerprint density at radius 3 is 2.14 bits per heavy atom. The Morgan fingerprint density at radius 1 is 0.909 bits per heavy atom. The summed E-state index contributed by atoms with van der Waals surface area (Å²) in [4.78, 5) is 0. The van der Waals surface area contributed by atoms with Crippen LogP contribution in [-0.2, 0) is 4.57 Å². The Morgan fingerprint density at radius 2 is 1.50 bits per heavy atom. The molecule has 22 heavy (non-hydrogen) atoms. The zero-order valence-electron chi connectivity index (χ0n) is 12.5. The van der Waals surface area contributed by atoms with Gasteiger partial charge in [-0.25, -0.2) is 0 Å². The Kier molecular flexibility index (Phi) is 3.41. The fourth-order valence-corrected chi connectivity index (χ4v) is 6.63. The Hall–Kier alpha value is -1.47. The van der Waals surface area contributed by atoms with E-state index in [-0.39, 0.29) is 23.1 Å². The lowest BCUT2D eigenvalue weighted by atomic mass is 9.83. The van der Waals surface area contributed by atoms with Gasteiger partial charge in [-0.1, -0.05) is 37.1 Å². The van der Waals surface area contributed by atoms with Crippen LogP contribution in [0.4, 0.5) is 0 Å². The molecule has 1 fully saturated rings. The smallest absolute Gasteiger partial charge is 0.134 e. The third-order valence-electron chi connectivity index (χ3n) is 5.43. The lowest BCUT2D eigenvalue weighted by Crippen LogP contribution is -2.23. The van der Waals surface area contributed by atoms with E-state index in [9.17, 15) is 14.8 Å². The van der Waals surface area contributed by atoms with Gasteiger partial charge in [-0.15, -0.1) is 0 Å². The van der Waals surface area contributed by atoms with Gasteiger partial charge in [0.05, 0.1) is 5.30 Å². The van der Waals surface area contributed by atoms with Crippen LogP contribution < -0.4 is 5.30 Å². The molecule has 5 rings (SSSR count). The Bertz CT molecular complexity index is 759. The standard InChI is InChI=1S/C18H21O3P/c19-16-13-9-1-2-10-14(13)17(20)18-15(16)11-5-3-7-12(22(18)21)8-4-6-11/h1-2,9-12,19-20,22H,3-8H2. The second-order valence-corrected chi connectivity index (χ2v) is 8.70. The molecule has 0 saturated heterocycles. The molecular weight excluding hydrogens is 295 g/mol. The number of rotatable bonds is 0. The fraction of sp³-hybridized carbons (Fsp3) is 0.444. The van der Waals surface area contributed by atoms with E-state index in [0.717, 1.165) is 44.1 Å². The summed E-state index contributed by atoms with van der Waals surface area (Å²) in [7, 11) is -2.08. The van der Waals surface area contributed by atoms with E-state index < -0.39 is 7.80 Å². The van der Waals surface area contributed by atoms with Crippen LogP contribution in [0.3, 0.4) is 0 Å². The summed E-state index contributed by atoms with van der Waals surface area (Å²) in [6, 6.07) is 7.34. The van der Waals surface area contributed by atoms with Gasteiger partial charge in [-0.3, -0.25) is 0 Å². The maximum Gasteiger partial charge on any atom is 0.134 e. The lowest BCUT2D eigenvalue weighted by molar-refractivity contribution is 0.419. The van der Waals surface area contributed by atoms with Crippen molar-refractivity contribution in [3.05, 3.63) is 29.8 Å². The molecule has 2 N–H and O–H groups in total. The molecule has 0 radical (unpaired) electrons. The average Bonchev–Trinajstić information content (AvgIpc) is 2.49. The highest BCUT2D eigenvalue weighted by Gasteiger charge is 2.35. The summed E-state index contributed by atoms with van der Waals surface area (Å²) in [5.41, 5.74) is 0.959. The molecule has 0 spiro atoms. The molecule has 3 aliphatic rings. The van der Waals surface area contributed by atoms with Crippen LogP contribution in [0, 0.1) is 0 Å². The zero-order chi connectivity index (χ0) is 15.3. The summed E-state index contributed by atoms with van der Waals surface area (Å²) >= 11 is 0. The molecule has 2 heterocycles. The van der Waals surface area contributed by atoms with Crippen LogP contribution in [0.1, 0.15) is 50.0 Å². The normalized spacial score (nSPS) is 27.9. The quantitative estimate of drug-likeness (QED) is 0.564. The monoisotopic (exact) mass is 316 g/mol. The molecule has 0 aromatic heterocycles. The van der Waals surface area contributed by atoms with Crippen LogP contribution in [0.5, 0.6) is 11.5 Å². The SMILES string of the molecule is O=[PH]1c2c(c(O)c3ccccc3c2O)C2CCCC1CCC2. The minimum Gasteiger partial charge on any atom is -0.507 e. The van der Waals surface area contributed by atoms with Crippen LogP contribution in [-0.4, -0.2) is 15.9 Å². The predicted octanol–water partition coefficient (Wildman–Crippen LogP) is 4.26. The van der Waals surface area contributed by atoms with Crippen LogP contribution in [0.15, 0.2) is 24.3 Å². The first kappa shape index (κ1) is 14.1. The molecule has 2 aromatic carbocycles. The topological polar surface area (TPSA) is 57.5 Å². The summed E-state index contributed by atoms with van der Waals surface area (Å²) in [5, 5.41) is 23.5. The van der Waals surface area contributed by atoms with Gasteiger partial charge in [-0.2, -0.15) is 0 Å². The minimum absolute atomic E-state index is 0.145. The number of hydrogen-bond donors (Lipinski definition) is 2. The van der Waals surface area contributed by atoms with E-state index in [4.69, 9.17) is 0 Å². The highest BCUT2D eigenvalue weighted by atomic mass is 31.1. The maximum atomic E-state index is 13.1. The maximum absolute atomic E-state index is 13.1. The molecule has 2 bridgehead atoms. The van der Waals surface area contributed by atoms with Crippen molar-refractivity contribution in [3.63, 3.8) is 0 Å². The molecular formula is C18H21O3P. The largest absolute Gasteiger partial charge is 0.507 e. The molecule has 2 aromatic rings. The van der Waals surface area contributed by atoms with Crippen molar-refractivity contribution in [2.24, 2.45) is 0 Å². The van der Waals surface area contributed by atoms with Gasteiger partial charge in [-0.05, 0) is 31.6 Å². The molecule has 4 heteroatoms. The number of hydrogen-bond acceptors (Lipinski definition) is 3. The van der Waals surface area contributed by atoms with Crippen molar-refractivity contribution in [2.45, 2.75) is 50.1 Å². The van der Waals surface area contributed by atoms with Crippen LogP contribution in [0.2, 0.25) is 0 Å². The number of phenolic OH excluding ortho intramolecular Hbond substituents is 2. The number of benzene rings is 2. The second kappa shape index (κ2) is 5.31. The van der Waals surface area contributed by atoms with Crippen molar-refractivity contribution in [2.75, 3.05) is 0 Å². The zero-order valence-corrected chi connectivity index (χ0v) is 13.5. The molecule has 1 unspecified atom stereocenters. The molecule has 2 aliphatic heterocycles. The minimum atomic E-state index is -2.08. The van der Waals surface area contributed by atoms with Crippen molar-refractivity contribution in [1.82, 2.24) is 0 Å². The molecule has 3 nitrogen and oxygen atoms in total. The fourth-order valence-electron chi connectivity index (χ4n) is 4.33. The first-order chi connectivity index (χ1) is 10.7. The van der Waals surface area contributed by atoms with Gasteiger partial charge >= 0.3 is 0 Å². The van der Waals surface area contributed by atoms with E-state index in [1.807, 2.05) is 18.2 Å². The first-order valence-corrected chi connectivity index (χ1v) is 9.67. The van der Waals surface area contributed by atoms with E-state index in [1.54, 1.807) is 6.07 Å². The Balaban J connectivity index is 2.10. The van der Waals surface area contributed by atoms with E-state index in [0.29, 0.717) is 16.1 Å². The summed E-state index contributed by atoms with van der Waals surface area (Å²) in [6.45, 7) is 0. The third kappa shape index (κ3) is 1.99. The second-order valence-electron chi connectivity index (χ2n) is 6.65. The summed E-state index contributed by atoms with van der Waals surface area (Å²) in [6.07, 6.45) is 6.14. The highest BCUT2D eigenvalue weighted by Crippen LogP contribution is 2.51. The molecule has 1 saturated carbocycles. The van der Waals surface area contributed by atoms with Crippen LogP contribution >= 0.6 is 7.80 Å². The van der Waals surface area contributed by atoms with E-state index >= 15 is 0 Å². The highest BCUT2D eigenvalue weighted by molar-refractivity contribution is 7.54. The van der Waals surface area contributed by atoms with Gasteiger partial charge in [0, 0.05) is 22.0 Å². The van der Waals surface area contributed by atoms with Crippen molar-refractivity contribution >= 4 is 23.9 Å². The van der Waals surface area contributed by atoms with E-state index in [1.165, 1.54) is 0 Å².